The van der Waals surface area contributed by atoms with E-state index >= 15 is 0 Å². The first-order chi connectivity index (χ1) is 7.63. The number of rotatable bonds is 2. The number of anilines is 1. The minimum absolute atomic E-state index is 0.332. The number of imide groups is 1. The highest BCUT2D eigenvalue weighted by Gasteiger charge is 2.07. The van der Waals surface area contributed by atoms with Gasteiger partial charge < -0.3 is 5.32 Å². The molecule has 0 aliphatic heterocycles. The van der Waals surface area contributed by atoms with Gasteiger partial charge in [0.15, 0.2) is 0 Å². The lowest BCUT2D eigenvalue weighted by atomic mass is 10.2. The van der Waals surface area contributed by atoms with Gasteiger partial charge in [0.2, 0.25) is 5.91 Å². The Morgan fingerprint density at radius 1 is 1.38 bits per heavy atom. The highest BCUT2D eigenvalue weighted by atomic mass is 16.2. The number of nitrogens with zero attached hydrogens (tertiary/aromatic N) is 1. The minimum atomic E-state index is -0.630. The van der Waals surface area contributed by atoms with Gasteiger partial charge in [-0.05, 0) is 18.6 Å². The molecular formula is C11H11N3O2. The molecule has 0 radical (unpaired) electrons. The maximum atomic E-state index is 11.3. The fraction of sp³-hybridized carbons (Fsp3) is 0.182. The van der Waals surface area contributed by atoms with Gasteiger partial charge in [-0.2, -0.15) is 5.26 Å². The van der Waals surface area contributed by atoms with Gasteiger partial charge in [0, 0.05) is 5.69 Å². The summed E-state index contributed by atoms with van der Waals surface area (Å²) in [6.45, 7) is 1.84. The summed E-state index contributed by atoms with van der Waals surface area (Å²) in [5.74, 6) is -0.617. The Morgan fingerprint density at radius 2 is 2.06 bits per heavy atom. The molecule has 0 bridgehead atoms. The van der Waals surface area contributed by atoms with Crippen LogP contribution >= 0.6 is 0 Å². The van der Waals surface area contributed by atoms with Crippen LogP contribution in [-0.4, -0.2) is 11.9 Å². The fourth-order valence-corrected chi connectivity index (χ4v) is 1.11. The number of amides is 3. The second-order valence-corrected chi connectivity index (χ2v) is 3.15. The molecule has 1 rings (SSSR count). The summed E-state index contributed by atoms with van der Waals surface area (Å²) in [5, 5.41) is 12.8. The molecule has 0 atom stereocenters. The summed E-state index contributed by atoms with van der Waals surface area (Å²) < 4.78 is 0. The highest BCUT2D eigenvalue weighted by molar-refractivity contribution is 6.01. The predicted octanol–water partition coefficient (Wildman–Crippen LogP) is 1.56. The van der Waals surface area contributed by atoms with Crippen molar-refractivity contribution >= 4 is 17.6 Å². The van der Waals surface area contributed by atoms with E-state index in [4.69, 9.17) is 5.26 Å². The van der Waals surface area contributed by atoms with Crippen molar-refractivity contribution in [2.45, 2.75) is 13.3 Å². The second kappa shape index (κ2) is 5.51. The highest BCUT2D eigenvalue weighted by Crippen LogP contribution is 2.12. The Morgan fingerprint density at radius 3 is 2.69 bits per heavy atom. The van der Waals surface area contributed by atoms with Gasteiger partial charge in [0.1, 0.15) is 6.42 Å². The third kappa shape index (κ3) is 3.42. The number of carbonyl (C=O) groups excluding carboxylic acids is 2. The largest absolute Gasteiger partial charge is 0.325 e. The number of nitrogens with one attached hydrogen (secondary N) is 2. The lowest BCUT2D eigenvalue weighted by molar-refractivity contribution is -0.118. The smallest absolute Gasteiger partial charge is 0.307 e. The monoisotopic (exact) mass is 217 g/mol. The predicted molar refractivity (Wildman–Crippen MR) is 58.6 cm³/mol. The van der Waals surface area contributed by atoms with Gasteiger partial charge in [-0.15, -0.1) is 0 Å². The topological polar surface area (TPSA) is 82.0 Å². The number of aryl methyl sites for hydroxylation is 1. The zero-order valence-corrected chi connectivity index (χ0v) is 8.78. The molecule has 0 spiro atoms. The molecular weight excluding hydrogens is 206 g/mol. The van der Waals surface area contributed by atoms with Gasteiger partial charge in [0.25, 0.3) is 0 Å². The van der Waals surface area contributed by atoms with Gasteiger partial charge in [-0.1, -0.05) is 18.2 Å². The number of hydrogen-bond acceptors (Lipinski definition) is 3. The summed E-state index contributed by atoms with van der Waals surface area (Å²) in [5.41, 5.74) is 1.52. The van der Waals surface area contributed by atoms with Crippen LogP contribution in [0.15, 0.2) is 24.3 Å². The van der Waals surface area contributed by atoms with Crippen LogP contribution in [-0.2, 0) is 4.79 Å². The van der Waals surface area contributed by atoms with E-state index in [1.54, 1.807) is 18.2 Å². The van der Waals surface area contributed by atoms with E-state index in [0.717, 1.165) is 5.56 Å². The zero-order valence-electron chi connectivity index (χ0n) is 8.78. The van der Waals surface area contributed by atoms with Gasteiger partial charge in [-0.3, -0.25) is 10.1 Å². The second-order valence-electron chi connectivity index (χ2n) is 3.15. The lowest BCUT2D eigenvalue weighted by Gasteiger charge is -2.07. The van der Waals surface area contributed by atoms with Gasteiger partial charge in [-0.25, -0.2) is 4.79 Å². The summed E-state index contributed by atoms with van der Waals surface area (Å²) in [6.07, 6.45) is -0.332. The normalized spacial score (nSPS) is 9.00. The Bertz CT molecular complexity index is 449. The molecule has 3 amide bonds. The first kappa shape index (κ1) is 11.7. The van der Waals surface area contributed by atoms with Crippen LogP contribution in [0.3, 0.4) is 0 Å². The summed E-state index contributed by atoms with van der Waals surface area (Å²) in [6, 6.07) is 8.22. The summed E-state index contributed by atoms with van der Waals surface area (Å²) >= 11 is 0. The Hall–Kier alpha value is -2.35. The average molecular weight is 217 g/mol. The van der Waals surface area contributed by atoms with Gasteiger partial charge >= 0.3 is 6.03 Å². The number of carbonyl (C=O) groups is 2. The maximum absolute atomic E-state index is 11.3. The van der Waals surface area contributed by atoms with Crippen LogP contribution in [0.5, 0.6) is 0 Å². The molecule has 0 fully saturated rings. The minimum Gasteiger partial charge on any atom is -0.307 e. The fourth-order valence-electron chi connectivity index (χ4n) is 1.11. The number of hydrogen-bond donors (Lipinski definition) is 2. The molecule has 1 aromatic carbocycles. The number of para-hydroxylation sites is 1. The van der Waals surface area contributed by atoms with E-state index in [1.165, 1.54) is 0 Å². The van der Waals surface area contributed by atoms with E-state index in [2.05, 4.69) is 5.32 Å². The van der Waals surface area contributed by atoms with E-state index in [9.17, 15) is 9.59 Å². The third-order valence-corrected chi connectivity index (χ3v) is 1.89. The van der Waals surface area contributed by atoms with E-state index in [-0.39, 0.29) is 6.42 Å². The molecule has 2 N–H and O–H groups in total. The SMILES string of the molecule is Cc1ccccc1NC(=O)NC(=O)CC#N. The first-order valence-corrected chi connectivity index (χ1v) is 4.67. The average Bonchev–Trinajstić information content (AvgIpc) is 2.21. The van der Waals surface area contributed by atoms with E-state index in [0.29, 0.717) is 5.69 Å². The Balaban J connectivity index is 2.56. The summed E-state index contributed by atoms with van der Waals surface area (Å²) in [4.78, 5) is 22.2. The molecule has 0 unspecified atom stereocenters. The van der Waals surface area contributed by atoms with Crippen molar-refractivity contribution < 1.29 is 9.59 Å². The quantitative estimate of drug-likeness (QED) is 0.788. The molecule has 16 heavy (non-hydrogen) atoms. The van der Waals surface area contributed by atoms with Crippen molar-refractivity contribution in [3.05, 3.63) is 29.8 Å². The molecule has 5 nitrogen and oxygen atoms in total. The van der Waals surface area contributed by atoms with Gasteiger partial charge in [0.05, 0.1) is 6.07 Å². The Kier molecular flexibility index (Phi) is 4.04. The van der Waals surface area contributed by atoms with Crippen LogP contribution in [0.4, 0.5) is 10.5 Å². The van der Waals surface area contributed by atoms with Crippen LogP contribution in [0, 0.1) is 18.3 Å². The third-order valence-electron chi connectivity index (χ3n) is 1.89. The van der Waals surface area contributed by atoms with Crippen LogP contribution in [0.2, 0.25) is 0 Å². The van der Waals surface area contributed by atoms with Crippen molar-refractivity contribution in [2.24, 2.45) is 0 Å². The van der Waals surface area contributed by atoms with Crippen LogP contribution in [0.25, 0.3) is 0 Å². The molecule has 0 heterocycles. The van der Waals surface area contributed by atoms with E-state index in [1.807, 2.05) is 24.4 Å². The molecule has 0 saturated carbocycles. The number of nitriles is 1. The van der Waals surface area contributed by atoms with E-state index < -0.39 is 11.9 Å². The molecule has 1 aromatic rings. The van der Waals surface area contributed by atoms with Crippen LogP contribution in [0.1, 0.15) is 12.0 Å². The zero-order chi connectivity index (χ0) is 12.0. The first-order valence-electron chi connectivity index (χ1n) is 4.67. The molecule has 0 aliphatic carbocycles. The summed E-state index contributed by atoms with van der Waals surface area (Å²) in [7, 11) is 0. The standard InChI is InChI=1S/C11H11N3O2/c1-8-4-2-3-5-9(8)13-11(16)14-10(15)6-7-12/h2-5H,6H2,1H3,(H2,13,14,15,16). The Labute approximate surface area is 93.1 Å². The molecule has 82 valence electrons. The van der Waals surface area contributed by atoms with Crippen molar-refractivity contribution in [3.63, 3.8) is 0 Å². The van der Waals surface area contributed by atoms with Crippen molar-refractivity contribution in [2.75, 3.05) is 5.32 Å². The molecule has 0 saturated heterocycles. The molecule has 5 heteroatoms. The van der Waals surface area contributed by atoms with Crippen molar-refractivity contribution in [3.8, 4) is 6.07 Å². The molecule has 0 aliphatic rings. The maximum Gasteiger partial charge on any atom is 0.325 e. The molecule has 0 aromatic heterocycles. The number of benzene rings is 1. The lowest BCUT2D eigenvalue weighted by Crippen LogP contribution is -2.34. The van der Waals surface area contributed by atoms with Crippen molar-refractivity contribution in [1.82, 2.24) is 5.32 Å². The van der Waals surface area contributed by atoms with Crippen molar-refractivity contribution in [1.29, 1.82) is 5.26 Å². The van der Waals surface area contributed by atoms with Crippen LogP contribution < -0.4 is 10.6 Å². The number of urea groups is 1.